The number of sulfone groups is 1. The second-order valence-corrected chi connectivity index (χ2v) is 9.24. The fourth-order valence-corrected chi connectivity index (χ4v) is 5.74. The average molecular weight is 385 g/mol. The van der Waals surface area contributed by atoms with Gasteiger partial charge in [0.05, 0.1) is 23.7 Å². The van der Waals surface area contributed by atoms with Gasteiger partial charge >= 0.3 is 0 Å². The van der Waals surface area contributed by atoms with E-state index in [1.165, 1.54) is 11.1 Å². The van der Waals surface area contributed by atoms with Gasteiger partial charge in [0, 0.05) is 13.1 Å². The summed E-state index contributed by atoms with van der Waals surface area (Å²) in [6, 6.07) is 13.0. The largest absolute Gasteiger partial charge is 0.497 e. The second-order valence-electron chi connectivity index (χ2n) is 7.16. The predicted molar refractivity (Wildman–Crippen MR) is 103 cm³/mol. The highest BCUT2D eigenvalue weighted by Gasteiger charge is 2.36. The first-order valence-electron chi connectivity index (χ1n) is 9.26. The molecule has 0 saturated heterocycles. The maximum atomic E-state index is 13.3. The van der Waals surface area contributed by atoms with Gasteiger partial charge in [0.1, 0.15) is 5.75 Å². The summed E-state index contributed by atoms with van der Waals surface area (Å²) < 4.78 is 30.0. The zero-order valence-corrected chi connectivity index (χ0v) is 16.2. The van der Waals surface area contributed by atoms with E-state index in [-0.39, 0.29) is 17.6 Å². The molecule has 0 spiro atoms. The van der Waals surface area contributed by atoms with E-state index in [2.05, 4.69) is 6.07 Å². The summed E-state index contributed by atoms with van der Waals surface area (Å²) in [4.78, 5) is 15.5. The van der Waals surface area contributed by atoms with Gasteiger partial charge < -0.3 is 9.64 Å². The first-order chi connectivity index (χ1) is 13.0. The molecule has 1 unspecified atom stereocenters. The van der Waals surface area contributed by atoms with Crippen LogP contribution in [0.5, 0.6) is 5.75 Å². The van der Waals surface area contributed by atoms with Crippen LogP contribution in [0.15, 0.2) is 47.4 Å². The third kappa shape index (κ3) is 3.34. The lowest BCUT2D eigenvalue weighted by atomic mass is 9.94. The smallest absolute Gasteiger partial charge is 0.230 e. The average Bonchev–Trinajstić information content (AvgIpc) is 2.90. The van der Waals surface area contributed by atoms with Crippen molar-refractivity contribution in [3.8, 4) is 5.75 Å². The number of amides is 1. The minimum Gasteiger partial charge on any atom is -0.497 e. The highest BCUT2D eigenvalue weighted by atomic mass is 32.2. The number of nitrogens with zero attached hydrogens (tertiary/aromatic N) is 1. The Morgan fingerprint density at radius 1 is 1.07 bits per heavy atom. The van der Waals surface area contributed by atoms with Crippen molar-refractivity contribution in [1.82, 2.24) is 4.90 Å². The molecule has 27 heavy (non-hydrogen) atoms. The monoisotopic (exact) mass is 385 g/mol. The van der Waals surface area contributed by atoms with Gasteiger partial charge in [-0.25, -0.2) is 8.42 Å². The quantitative estimate of drug-likeness (QED) is 0.797. The maximum Gasteiger partial charge on any atom is 0.230 e. The molecule has 0 aliphatic carbocycles. The van der Waals surface area contributed by atoms with Gasteiger partial charge in [-0.1, -0.05) is 24.3 Å². The Labute approximate surface area is 159 Å². The van der Waals surface area contributed by atoms with Crippen molar-refractivity contribution in [1.29, 1.82) is 0 Å². The van der Waals surface area contributed by atoms with E-state index in [4.69, 9.17) is 4.74 Å². The van der Waals surface area contributed by atoms with Crippen molar-refractivity contribution in [2.75, 3.05) is 26.0 Å². The van der Waals surface area contributed by atoms with E-state index in [1.54, 1.807) is 25.3 Å². The van der Waals surface area contributed by atoms with Crippen LogP contribution in [0, 0.1) is 0 Å². The van der Waals surface area contributed by atoms with Crippen LogP contribution in [0.2, 0.25) is 0 Å². The van der Waals surface area contributed by atoms with Crippen LogP contribution in [-0.2, 0) is 27.5 Å². The predicted octanol–water partition coefficient (Wildman–Crippen LogP) is 2.58. The summed E-state index contributed by atoms with van der Waals surface area (Å²) in [5.74, 6) is 0.531. The fraction of sp³-hybridized carbons (Fsp3) is 0.381. The van der Waals surface area contributed by atoms with Crippen molar-refractivity contribution in [2.45, 2.75) is 30.1 Å². The van der Waals surface area contributed by atoms with Crippen molar-refractivity contribution in [3.05, 3.63) is 59.2 Å². The Kier molecular flexibility index (Phi) is 4.68. The molecule has 0 N–H and O–H groups in total. The summed E-state index contributed by atoms with van der Waals surface area (Å²) >= 11 is 0. The molecular formula is C21H23NO4S. The maximum absolute atomic E-state index is 13.3. The fourth-order valence-electron chi connectivity index (χ4n) is 4.12. The van der Waals surface area contributed by atoms with E-state index >= 15 is 0 Å². The third-order valence-corrected chi connectivity index (χ3v) is 7.45. The normalized spacial score (nSPS) is 20.9. The number of carbonyl (C=O) groups is 1. The molecule has 2 aliphatic heterocycles. The molecule has 0 fully saturated rings. The van der Waals surface area contributed by atoms with Gasteiger partial charge in [-0.3, -0.25) is 4.79 Å². The lowest BCUT2D eigenvalue weighted by molar-refractivity contribution is -0.132. The van der Waals surface area contributed by atoms with E-state index in [1.807, 2.05) is 23.1 Å². The molecule has 2 aliphatic rings. The lowest BCUT2D eigenvalue weighted by Gasteiger charge is -2.30. The second kappa shape index (κ2) is 7.00. The van der Waals surface area contributed by atoms with Gasteiger partial charge in [-0.2, -0.15) is 0 Å². The highest BCUT2D eigenvalue weighted by Crippen LogP contribution is 2.35. The van der Waals surface area contributed by atoms with Crippen LogP contribution in [0.1, 0.15) is 29.0 Å². The summed E-state index contributed by atoms with van der Waals surface area (Å²) in [5, 5.41) is 0. The number of carbonyl (C=O) groups excluding carboxylic acids is 1. The van der Waals surface area contributed by atoms with Crippen LogP contribution in [-0.4, -0.2) is 45.2 Å². The van der Waals surface area contributed by atoms with E-state index in [0.717, 1.165) is 18.6 Å². The Bertz CT molecular complexity index is 983. The molecule has 1 amide bonds. The number of fused-ring (bicyclic) bond motifs is 2. The molecule has 0 saturated carbocycles. The van der Waals surface area contributed by atoms with Crippen molar-refractivity contribution in [2.24, 2.45) is 0 Å². The summed E-state index contributed by atoms with van der Waals surface area (Å²) in [7, 11) is -1.63. The molecule has 2 aromatic carbocycles. The van der Waals surface area contributed by atoms with Crippen LogP contribution in [0.4, 0.5) is 0 Å². The zero-order valence-electron chi connectivity index (χ0n) is 15.3. The molecule has 0 aromatic heterocycles. The molecule has 2 heterocycles. The Morgan fingerprint density at radius 2 is 1.81 bits per heavy atom. The first-order valence-corrected chi connectivity index (χ1v) is 10.9. The minimum absolute atomic E-state index is 0.0334. The molecular weight excluding hydrogens is 362 g/mol. The van der Waals surface area contributed by atoms with Crippen LogP contribution in [0.25, 0.3) is 0 Å². The molecule has 6 heteroatoms. The number of ether oxygens (including phenoxy) is 1. The zero-order chi connectivity index (χ0) is 19.0. The number of rotatable bonds is 2. The van der Waals surface area contributed by atoms with E-state index in [0.29, 0.717) is 30.0 Å². The van der Waals surface area contributed by atoms with Crippen molar-refractivity contribution in [3.63, 3.8) is 0 Å². The van der Waals surface area contributed by atoms with Crippen LogP contribution < -0.4 is 4.74 Å². The molecule has 5 nitrogen and oxygen atoms in total. The minimum atomic E-state index is -3.28. The Balaban J connectivity index is 1.57. The standard InChI is InChI=1S/C21H23NO4S/c1-26-17-7-6-15-8-11-22(12-9-16(15)14-17)21(23)19-10-13-27(24,25)20-5-3-2-4-18(19)20/h2-7,14,19H,8-13H2,1H3. The van der Waals surface area contributed by atoms with Gasteiger partial charge in [0.2, 0.25) is 5.91 Å². The summed E-state index contributed by atoms with van der Waals surface area (Å²) in [6.45, 7) is 1.30. The molecule has 0 radical (unpaired) electrons. The van der Waals surface area contributed by atoms with Crippen LogP contribution in [0.3, 0.4) is 0 Å². The van der Waals surface area contributed by atoms with Gasteiger partial charge in [0.15, 0.2) is 9.84 Å². The van der Waals surface area contributed by atoms with E-state index in [9.17, 15) is 13.2 Å². The number of methoxy groups -OCH3 is 1. The Hall–Kier alpha value is -2.34. The Morgan fingerprint density at radius 3 is 2.59 bits per heavy atom. The molecule has 0 bridgehead atoms. The van der Waals surface area contributed by atoms with Gasteiger partial charge in [-0.15, -0.1) is 0 Å². The van der Waals surface area contributed by atoms with Crippen molar-refractivity contribution >= 4 is 15.7 Å². The van der Waals surface area contributed by atoms with E-state index < -0.39 is 9.84 Å². The topological polar surface area (TPSA) is 63.7 Å². The lowest BCUT2D eigenvalue weighted by Crippen LogP contribution is -2.39. The molecule has 4 rings (SSSR count). The van der Waals surface area contributed by atoms with Crippen LogP contribution >= 0.6 is 0 Å². The van der Waals surface area contributed by atoms with Crippen molar-refractivity contribution < 1.29 is 17.9 Å². The first kappa shape index (κ1) is 18.0. The van der Waals surface area contributed by atoms with Gasteiger partial charge in [0.25, 0.3) is 0 Å². The molecule has 2 aromatic rings. The summed E-state index contributed by atoms with van der Waals surface area (Å²) in [6.07, 6.45) is 1.94. The third-order valence-electron chi connectivity index (χ3n) is 5.63. The molecule has 142 valence electrons. The number of hydrogen-bond acceptors (Lipinski definition) is 4. The highest BCUT2D eigenvalue weighted by molar-refractivity contribution is 7.91. The number of hydrogen-bond donors (Lipinski definition) is 0. The molecule has 1 atom stereocenters. The summed E-state index contributed by atoms with van der Waals surface area (Å²) in [5.41, 5.74) is 3.12. The SMILES string of the molecule is COc1ccc2c(c1)CCN(C(=O)C1CCS(=O)(=O)c3ccccc31)CC2. The van der Waals surface area contributed by atoms with Gasteiger partial charge in [-0.05, 0) is 54.2 Å². The number of benzene rings is 2.